The Bertz CT molecular complexity index is 731. The van der Waals surface area contributed by atoms with Crippen LogP contribution in [0.5, 0.6) is 23.0 Å². The van der Waals surface area contributed by atoms with Gasteiger partial charge in [0, 0.05) is 5.56 Å². The van der Waals surface area contributed by atoms with E-state index in [-0.39, 0.29) is 5.71 Å². The van der Waals surface area contributed by atoms with Crippen LogP contribution in [0.15, 0.2) is 47.6 Å². The van der Waals surface area contributed by atoms with Gasteiger partial charge in [-0.15, -0.1) is 0 Å². The lowest BCUT2D eigenvalue weighted by atomic mass is 10.0. The third-order valence-corrected chi connectivity index (χ3v) is 3.60. The van der Waals surface area contributed by atoms with Crippen LogP contribution in [0.25, 0.3) is 0 Å². The second-order valence-corrected chi connectivity index (χ2v) is 4.99. The van der Waals surface area contributed by atoms with Crippen LogP contribution in [-0.4, -0.2) is 50.1 Å². The van der Waals surface area contributed by atoms with Crippen LogP contribution < -0.4 is 18.9 Å². The fourth-order valence-electron chi connectivity index (χ4n) is 2.35. The number of ether oxygens (including phenoxy) is 4. The smallest absolute Gasteiger partial charge is 0.168 e. The molecule has 0 unspecified atom stereocenters. The Kier molecular flexibility index (Phi) is 6.47. The van der Waals surface area contributed by atoms with Gasteiger partial charge in [0.25, 0.3) is 0 Å². The van der Waals surface area contributed by atoms with E-state index in [0.717, 1.165) is 0 Å². The van der Waals surface area contributed by atoms with Gasteiger partial charge in [0.15, 0.2) is 29.1 Å². The van der Waals surface area contributed by atoms with Crippen molar-refractivity contribution in [3.8, 4) is 23.0 Å². The number of para-hydroxylation sites is 2. The summed E-state index contributed by atoms with van der Waals surface area (Å²) in [5.74, 6) is 1.93. The summed E-state index contributed by atoms with van der Waals surface area (Å²) in [6, 6.07) is 12.0. The predicted octanol–water partition coefficient (Wildman–Crippen LogP) is 2.33. The number of nitrogens with zero attached hydrogens (tertiary/aromatic N) is 1. The number of hydrogen-bond donors (Lipinski definition) is 2. The summed E-state index contributed by atoms with van der Waals surface area (Å²) in [4.78, 5) is 0. The molecule has 134 valence electrons. The number of aliphatic hydroxyl groups is 1. The van der Waals surface area contributed by atoms with Gasteiger partial charge in [-0.05, 0) is 30.3 Å². The number of rotatable bonds is 8. The maximum atomic E-state index is 9.73. The summed E-state index contributed by atoms with van der Waals surface area (Å²) in [6.07, 6.45) is -0.903. The average molecular weight is 347 g/mol. The molecule has 0 radical (unpaired) electrons. The predicted molar refractivity (Wildman–Crippen MR) is 92.4 cm³/mol. The highest BCUT2D eigenvalue weighted by Crippen LogP contribution is 2.30. The first kappa shape index (κ1) is 18.4. The van der Waals surface area contributed by atoms with E-state index in [2.05, 4.69) is 5.16 Å². The first-order valence-electron chi connectivity index (χ1n) is 7.53. The second kappa shape index (κ2) is 8.79. The Morgan fingerprint density at radius 2 is 1.52 bits per heavy atom. The van der Waals surface area contributed by atoms with E-state index < -0.39 is 12.7 Å². The van der Waals surface area contributed by atoms with Crippen LogP contribution >= 0.6 is 0 Å². The minimum atomic E-state index is -0.903. The van der Waals surface area contributed by atoms with Gasteiger partial charge in [-0.25, -0.2) is 0 Å². The van der Waals surface area contributed by atoms with E-state index in [1.165, 1.54) is 21.3 Å². The summed E-state index contributed by atoms with van der Waals surface area (Å²) in [7, 11) is 4.55. The Morgan fingerprint density at radius 1 is 0.920 bits per heavy atom. The molecule has 2 aromatic carbocycles. The molecule has 0 saturated carbocycles. The fourth-order valence-corrected chi connectivity index (χ4v) is 2.35. The van der Waals surface area contributed by atoms with Crippen LogP contribution in [0.3, 0.4) is 0 Å². The molecule has 0 aliphatic heterocycles. The molecular weight excluding hydrogens is 326 g/mol. The van der Waals surface area contributed by atoms with E-state index in [9.17, 15) is 10.3 Å². The molecule has 0 aliphatic carbocycles. The summed E-state index contributed by atoms with van der Waals surface area (Å²) < 4.78 is 21.5. The van der Waals surface area contributed by atoms with Crippen LogP contribution in [0.1, 0.15) is 5.56 Å². The quantitative estimate of drug-likeness (QED) is 0.433. The summed E-state index contributed by atoms with van der Waals surface area (Å²) in [5.41, 5.74) is 0.670. The Morgan fingerprint density at radius 3 is 2.08 bits per heavy atom. The monoisotopic (exact) mass is 347 g/mol. The molecule has 0 bridgehead atoms. The zero-order chi connectivity index (χ0) is 18.2. The standard InChI is InChI=1S/C18H21NO6/c1-22-13-6-4-5-7-15(13)25-17(11-20)18(19-21)12-8-9-14(23-2)16(10-12)24-3/h4-10,17,20-21H,11H2,1-3H3/b19-18-/t17-/m1/s1. The Hall–Kier alpha value is -2.93. The second-order valence-electron chi connectivity index (χ2n) is 4.99. The van der Waals surface area contributed by atoms with Gasteiger partial charge < -0.3 is 29.3 Å². The molecule has 7 nitrogen and oxygen atoms in total. The molecular formula is C18H21NO6. The molecule has 0 spiro atoms. The normalized spacial score (nSPS) is 12.4. The summed E-state index contributed by atoms with van der Waals surface area (Å²) >= 11 is 0. The molecule has 7 heteroatoms. The highest BCUT2D eigenvalue weighted by Gasteiger charge is 2.22. The van der Waals surface area contributed by atoms with Gasteiger partial charge in [0.1, 0.15) is 5.71 Å². The van der Waals surface area contributed by atoms with Crippen molar-refractivity contribution in [3.63, 3.8) is 0 Å². The number of hydrogen-bond acceptors (Lipinski definition) is 7. The largest absolute Gasteiger partial charge is 0.493 e. The zero-order valence-electron chi connectivity index (χ0n) is 14.3. The average Bonchev–Trinajstić information content (AvgIpc) is 2.67. The molecule has 0 saturated heterocycles. The Labute approximate surface area is 146 Å². The van der Waals surface area contributed by atoms with E-state index in [1.807, 2.05) is 0 Å². The fraction of sp³-hybridized carbons (Fsp3) is 0.278. The lowest BCUT2D eigenvalue weighted by molar-refractivity contribution is 0.155. The van der Waals surface area contributed by atoms with Gasteiger partial charge in [-0.2, -0.15) is 0 Å². The van der Waals surface area contributed by atoms with E-state index in [1.54, 1.807) is 42.5 Å². The van der Waals surface area contributed by atoms with Crippen molar-refractivity contribution in [2.45, 2.75) is 6.10 Å². The lowest BCUT2D eigenvalue weighted by Crippen LogP contribution is -2.32. The minimum Gasteiger partial charge on any atom is -0.493 e. The minimum absolute atomic E-state index is 0.148. The van der Waals surface area contributed by atoms with Crippen molar-refractivity contribution in [2.24, 2.45) is 5.16 Å². The van der Waals surface area contributed by atoms with Crippen LogP contribution in [0.2, 0.25) is 0 Å². The molecule has 0 fully saturated rings. The molecule has 2 N–H and O–H groups in total. The molecule has 2 rings (SSSR count). The number of methoxy groups -OCH3 is 3. The van der Waals surface area contributed by atoms with Crippen molar-refractivity contribution in [2.75, 3.05) is 27.9 Å². The SMILES string of the molecule is COc1ccc(/C(=N/O)[C@@H](CO)Oc2ccccc2OC)cc1OC. The molecule has 0 amide bonds. The number of benzene rings is 2. The number of oxime groups is 1. The van der Waals surface area contributed by atoms with E-state index in [0.29, 0.717) is 28.6 Å². The molecule has 0 heterocycles. The molecule has 0 aromatic heterocycles. The maximum absolute atomic E-state index is 9.73. The van der Waals surface area contributed by atoms with E-state index in [4.69, 9.17) is 18.9 Å². The van der Waals surface area contributed by atoms with Gasteiger partial charge in [0.2, 0.25) is 0 Å². The molecule has 2 aromatic rings. The third-order valence-electron chi connectivity index (χ3n) is 3.60. The van der Waals surface area contributed by atoms with Crippen LogP contribution in [0.4, 0.5) is 0 Å². The van der Waals surface area contributed by atoms with Gasteiger partial charge in [-0.1, -0.05) is 17.3 Å². The summed E-state index contributed by atoms with van der Waals surface area (Å²) in [5, 5.41) is 22.5. The van der Waals surface area contributed by atoms with Gasteiger partial charge in [0.05, 0.1) is 27.9 Å². The molecule has 0 aliphatic rings. The molecule has 1 atom stereocenters. The molecule has 25 heavy (non-hydrogen) atoms. The van der Waals surface area contributed by atoms with Crippen molar-refractivity contribution < 1.29 is 29.3 Å². The zero-order valence-corrected chi connectivity index (χ0v) is 14.3. The van der Waals surface area contributed by atoms with Crippen molar-refractivity contribution in [3.05, 3.63) is 48.0 Å². The van der Waals surface area contributed by atoms with Crippen LogP contribution in [-0.2, 0) is 0 Å². The maximum Gasteiger partial charge on any atom is 0.168 e. The first-order valence-corrected chi connectivity index (χ1v) is 7.53. The summed E-state index contributed by atoms with van der Waals surface area (Å²) in [6.45, 7) is -0.397. The van der Waals surface area contributed by atoms with Crippen LogP contribution in [0, 0.1) is 0 Å². The third kappa shape index (κ3) is 4.13. The van der Waals surface area contributed by atoms with Gasteiger partial charge in [-0.3, -0.25) is 0 Å². The highest BCUT2D eigenvalue weighted by molar-refractivity contribution is 6.04. The Balaban J connectivity index is 2.34. The number of aliphatic hydroxyl groups excluding tert-OH is 1. The lowest BCUT2D eigenvalue weighted by Gasteiger charge is -2.20. The van der Waals surface area contributed by atoms with Crippen molar-refractivity contribution in [1.82, 2.24) is 0 Å². The first-order chi connectivity index (χ1) is 12.2. The van der Waals surface area contributed by atoms with Crippen molar-refractivity contribution in [1.29, 1.82) is 0 Å². The topological polar surface area (TPSA) is 89.7 Å². The highest BCUT2D eigenvalue weighted by atomic mass is 16.5. The van der Waals surface area contributed by atoms with Crippen molar-refractivity contribution >= 4 is 5.71 Å². The van der Waals surface area contributed by atoms with Gasteiger partial charge >= 0.3 is 0 Å². The van der Waals surface area contributed by atoms with E-state index >= 15 is 0 Å².